The Hall–Kier alpha value is -0.770. The van der Waals surface area contributed by atoms with Crippen molar-refractivity contribution in [2.45, 2.75) is 31.7 Å². The summed E-state index contributed by atoms with van der Waals surface area (Å²) in [7, 11) is 1.81. The van der Waals surface area contributed by atoms with Crippen molar-refractivity contribution >= 4 is 5.96 Å². The molecule has 86 valence electrons. The summed E-state index contributed by atoms with van der Waals surface area (Å²) in [6, 6.07) is 0.656. The third-order valence-electron chi connectivity index (χ3n) is 2.73. The second kappa shape index (κ2) is 5.35. The molecule has 2 N–H and O–H groups in total. The summed E-state index contributed by atoms with van der Waals surface area (Å²) in [5, 5.41) is 6.58. The van der Waals surface area contributed by atoms with Crippen LogP contribution in [0.1, 0.15) is 25.7 Å². The number of ether oxygens (including phenoxy) is 1. The Labute approximate surface area is 91.5 Å². The molecule has 0 heterocycles. The van der Waals surface area contributed by atoms with Gasteiger partial charge in [-0.2, -0.15) is 0 Å². The number of nitrogens with zero attached hydrogens (tertiary/aromatic N) is 1. The largest absolute Gasteiger partial charge is 0.379 e. The highest BCUT2D eigenvalue weighted by Gasteiger charge is 2.22. The van der Waals surface area contributed by atoms with Crippen molar-refractivity contribution < 1.29 is 4.74 Å². The van der Waals surface area contributed by atoms with Gasteiger partial charge in [-0.25, -0.2) is 0 Å². The van der Waals surface area contributed by atoms with Gasteiger partial charge >= 0.3 is 0 Å². The standard InChI is InChI=1S/C11H21N3O/c1-12-11(14-10-4-5-10)13-6-7-15-8-9-2-3-9/h9-10H,2-8H2,1H3,(H2,12,13,14). The van der Waals surface area contributed by atoms with Gasteiger partial charge < -0.3 is 15.4 Å². The molecule has 2 aliphatic rings. The summed E-state index contributed by atoms with van der Waals surface area (Å²) < 4.78 is 5.53. The topological polar surface area (TPSA) is 45.7 Å². The molecule has 2 rings (SSSR count). The molecular formula is C11H21N3O. The van der Waals surface area contributed by atoms with Crippen LogP contribution in [0.3, 0.4) is 0 Å². The van der Waals surface area contributed by atoms with Crippen LogP contribution in [0.5, 0.6) is 0 Å². The van der Waals surface area contributed by atoms with E-state index in [-0.39, 0.29) is 0 Å². The molecule has 0 aromatic carbocycles. The SMILES string of the molecule is CN=C(NCCOCC1CC1)NC1CC1. The molecular weight excluding hydrogens is 190 g/mol. The van der Waals surface area contributed by atoms with E-state index in [1.165, 1.54) is 25.7 Å². The summed E-state index contributed by atoms with van der Waals surface area (Å²) in [6.45, 7) is 2.57. The van der Waals surface area contributed by atoms with Crippen LogP contribution < -0.4 is 10.6 Å². The van der Waals surface area contributed by atoms with Gasteiger partial charge in [0.2, 0.25) is 0 Å². The quantitative estimate of drug-likeness (QED) is 0.387. The molecule has 0 aromatic rings. The van der Waals surface area contributed by atoms with Crippen molar-refractivity contribution in [1.29, 1.82) is 0 Å². The van der Waals surface area contributed by atoms with Gasteiger partial charge in [0.05, 0.1) is 6.61 Å². The predicted molar refractivity (Wildman–Crippen MR) is 61.1 cm³/mol. The van der Waals surface area contributed by atoms with Crippen LogP contribution in [0, 0.1) is 5.92 Å². The summed E-state index contributed by atoms with van der Waals surface area (Å²) in [5.41, 5.74) is 0. The fourth-order valence-corrected chi connectivity index (χ4v) is 1.39. The Morgan fingerprint density at radius 1 is 1.33 bits per heavy atom. The lowest BCUT2D eigenvalue weighted by atomic mass is 10.5. The fourth-order valence-electron chi connectivity index (χ4n) is 1.39. The molecule has 0 unspecified atom stereocenters. The third kappa shape index (κ3) is 4.51. The minimum Gasteiger partial charge on any atom is -0.379 e. The Bertz CT molecular complexity index is 222. The highest BCUT2D eigenvalue weighted by atomic mass is 16.5. The van der Waals surface area contributed by atoms with Gasteiger partial charge in [0.1, 0.15) is 0 Å². The van der Waals surface area contributed by atoms with Gasteiger partial charge in [0, 0.05) is 26.2 Å². The Morgan fingerprint density at radius 2 is 2.13 bits per heavy atom. The van der Waals surface area contributed by atoms with E-state index in [0.717, 1.165) is 31.6 Å². The maximum absolute atomic E-state index is 5.53. The number of rotatable bonds is 6. The van der Waals surface area contributed by atoms with Crippen LogP contribution in [0.2, 0.25) is 0 Å². The van der Waals surface area contributed by atoms with Crippen molar-refractivity contribution in [3.8, 4) is 0 Å². The first-order valence-electron chi connectivity index (χ1n) is 5.93. The van der Waals surface area contributed by atoms with E-state index in [1.54, 1.807) is 0 Å². The molecule has 4 heteroatoms. The van der Waals surface area contributed by atoms with Crippen molar-refractivity contribution in [3.05, 3.63) is 0 Å². The van der Waals surface area contributed by atoms with Gasteiger partial charge in [-0.3, -0.25) is 4.99 Å². The maximum Gasteiger partial charge on any atom is 0.191 e. The van der Waals surface area contributed by atoms with Gasteiger partial charge in [0.25, 0.3) is 0 Å². The molecule has 2 aliphatic carbocycles. The molecule has 0 amide bonds. The summed E-state index contributed by atoms with van der Waals surface area (Å²) in [6.07, 6.45) is 5.27. The maximum atomic E-state index is 5.53. The summed E-state index contributed by atoms with van der Waals surface area (Å²) in [4.78, 5) is 4.15. The van der Waals surface area contributed by atoms with Crippen LogP contribution in [0.15, 0.2) is 4.99 Å². The third-order valence-corrected chi connectivity index (χ3v) is 2.73. The first-order chi connectivity index (χ1) is 7.38. The van der Waals surface area contributed by atoms with E-state index in [9.17, 15) is 0 Å². The van der Waals surface area contributed by atoms with Crippen molar-refractivity contribution in [1.82, 2.24) is 10.6 Å². The summed E-state index contributed by atoms with van der Waals surface area (Å²) >= 11 is 0. The number of aliphatic imine (C=N–C) groups is 1. The summed E-state index contributed by atoms with van der Waals surface area (Å²) in [5.74, 6) is 1.77. The smallest absolute Gasteiger partial charge is 0.191 e. The molecule has 0 aromatic heterocycles. The van der Waals surface area contributed by atoms with Crippen molar-refractivity contribution in [2.24, 2.45) is 10.9 Å². The predicted octanol–water partition coefficient (Wildman–Crippen LogP) is 0.740. The molecule has 0 radical (unpaired) electrons. The Morgan fingerprint density at radius 3 is 2.73 bits per heavy atom. The Balaban J connectivity index is 1.46. The first-order valence-corrected chi connectivity index (χ1v) is 5.93. The van der Waals surface area contributed by atoms with Crippen molar-refractivity contribution in [3.63, 3.8) is 0 Å². The van der Waals surface area contributed by atoms with Crippen LogP contribution in [-0.4, -0.2) is 38.8 Å². The van der Waals surface area contributed by atoms with E-state index < -0.39 is 0 Å². The minimum absolute atomic E-state index is 0.656. The zero-order valence-electron chi connectivity index (χ0n) is 9.46. The molecule has 2 fully saturated rings. The molecule has 0 atom stereocenters. The van der Waals surface area contributed by atoms with E-state index in [0.29, 0.717) is 6.04 Å². The normalized spacial score (nSPS) is 21.5. The average molecular weight is 211 g/mol. The lowest BCUT2D eigenvalue weighted by Crippen LogP contribution is -2.40. The van der Waals surface area contributed by atoms with E-state index >= 15 is 0 Å². The highest BCUT2D eigenvalue weighted by Crippen LogP contribution is 2.28. The minimum atomic E-state index is 0.656. The molecule has 0 spiro atoms. The van der Waals surface area contributed by atoms with Gasteiger partial charge in [-0.15, -0.1) is 0 Å². The molecule has 0 bridgehead atoms. The van der Waals surface area contributed by atoms with Crippen molar-refractivity contribution in [2.75, 3.05) is 26.8 Å². The van der Waals surface area contributed by atoms with E-state index in [4.69, 9.17) is 4.74 Å². The fraction of sp³-hybridized carbons (Fsp3) is 0.909. The molecule has 2 saturated carbocycles. The molecule has 15 heavy (non-hydrogen) atoms. The second-order valence-corrected chi connectivity index (χ2v) is 4.44. The zero-order valence-corrected chi connectivity index (χ0v) is 9.46. The van der Waals surface area contributed by atoms with Crippen LogP contribution in [0.4, 0.5) is 0 Å². The van der Waals surface area contributed by atoms with Crippen LogP contribution >= 0.6 is 0 Å². The average Bonchev–Trinajstić information content (AvgIpc) is 3.10. The second-order valence-electron chi connectivity index (χ2n) is 4.44. The van der Waals surface area contributed by atoms with Gasteiger partial charge in [0.15, 0.2) is 5.96 Å². The lowest BCUT2D eigenvalue weighted by molar-refractivity contribution is 0.129. The monoisotopic (exact) mass is 211 g/mol. The van der Waals surface area contributed by atoms with Crippen LogP contribution in [0.25, 0.3) is 0 Å². The molecule has 0 saturated heterocycles. The number of guanidine groups is 1. The highest BCUT2D eigenvalue weighted by molar-refractivity contribution is 5.80. The van der Waals surface area contributed by atoms with Gasteiger partial charge in [-0.05, 0) is 31.6 Å². The van der Waals surface area contributed by atoms with Crippen LogP contribution in [-0.2, 0) is 4.74 Å². The molecule has 4 nitrogen and oxygen atoms in total. The lowest BCUT2D eigenvalue weighted by Gasteiger charge is -2.10. The number of nitrogens with one attached hydrogen (secondary N) is 2. The number of hydrogen-bond acceptors (Lipinski definition) is 2. The van der Waals surface area contributed by atoms with E-state index in [2.05, 4.69) is 15.6 Å². The number of hydrogen-bond donors (Lipinski definition) is 2. The first kappa shape index (κ1) is 10.7. The van der Waals surface area contributed by atoms with Gasteiger partial charge in [-0.1, -0.05) is 0 Å². The van der Waals surface area contributed by atoms with E-state index in [1.807, 2.05) is 7.05 Å². The Kier molecular flexibility index (Phi) is 3.83. The zero-order chi connectivity index (χ0) is 10.5. The molecule has 0 aliphatic heterocycles.